The number of carbonyl (C=O) groups is 3. The average molecular weight is 519 g/mol. The van der Waals surface area contributed by atoms with Crippen molar-refractivity contribution >= 4 is 29.3 Å². The summed E-state index contributed by atoms with van der Waals surface area (Å²) in [7, 11) is 1.95. The number of carbonyl (C=O) groups excluding carboxylic acids is 3. The van der Waals surface area contributed by atoms with Gasteiger partial charge in [0.1, 0.15) is 17.7 Å². The maximum Gasteiger partial charge on any atom is 0.272 e. The number of nitrogens with zero attached hydrogens (tertiary/aromatic N) is 4. The highest BCUT2D eigenvalue weighted by molar-refractivity contribution is 6.30. The summed E-state index contributed by atoms with van der Waals surface area (Å²) in [6.07, 6.45) is 0.802. The van der Waals surface area contributed by atoms with Crippen LogP contribution >= 0.6 is 11.6 Å². The fourth-order valence-electron chi connectivity index (χ4n) is 4.63. The standard InChI is InChI=1S/C25H32ClFN6O3/c1-25(2,3)21(24(36)32-11-8-28-19(34)14-32)30-23(35)20-18-13-31(4)9-5-10-33(18)22(29-20)16-12-15(26)6-7-17(16)27/h6-7,12,21H,5,8-11,13-14H2,1-4H3,(H,28,34)(H,30,35). The first-order valence-corrected chi connectivity index (χ1v) is 12.4. The molecular weight excluding hydrogens is 487 g/mol. The third-order valence-corrected chi connectivity index (χ3v) is 6.77. The Hall–Kier alpha value is -2.98. The van der Waals surface area contributed by atoms with E-state index in [1.807, 2.05) is 32.4 Å². The Morgan fingerprint density at radius 2 is 1.94 bits per heavy atom. The molecule has 1 aromatic carbocycles. The molecule has 3 amide bonds. The second kappa shape index (κ2) is 10.2. The number of nitrogens with one attached hydrogen (secondary N) is 2. The lowest BCUT2D eigenvalue weighted by molar-refractivity contribution is -0.141. The predicted octanol–water partition coefficient (Wildman–Crippen LogP) is 2.28. The number of aromatic nitrogens is 2. The molecule has 3 heterocycles. The molecule has 194 valence electrons. The van der Waals surface area contributed by atoms with Crippen LogP contribution in [0.3, 0.4) is 0 Å². The highest BCUT2D eigenvalue weighted by Gasteiger charge is 2.38. The van der Waals surface area contributed by atoms with Gasteiger partial charge in [-0.25, -0.2) is 9.37 Å². The van der Waals surface area contributed by atoms with Gasteiger partial charge >= 0.3 is 0 Å². The van der Waals surface area contributed by atoms with Crippen LogP contribution in [0.15, 0.2) is 18.2 Å². The van der Waals surface area contributed by atoms with Gasteiger partial charge in [0.2, 0.25) is 11.8 Å². The lowest BCUT2D eigenvalue weighted by atomic mass is 9.85. The summed E-state index contributed by atoms with van der Waals surface area (Å²) in [6, 6.07) is 3.37. The predicted molar refractivity (Wildman–Crippen MR) is 134 cm³/mol. The molecule has 0 radical (unpaired) electrons. The van der Waals surface area contributed by atoms with Crippen LogP contribution in [0.25, 0.3) is 11.4 Å². The summed E-state index contributed by atoms with van der Waals surface area (Å²) in [4.78, 5) is 47.1. The molecule has 0 bridgehead atoms. The first kappa shape index (κ1) is 26.1. The smallest absolute Gasteiger partial charge is 0.272 e. The summed E-state index contributed by atoms with van der Waals surface area (Å²) in [5.41, 5.74) is 0.391. The Morgan fingerprint density at radius 3 is 2.64 bits per heavy atom. The summed E-state index contributed by atoms with van der Waals surface area (Å²) in [5.74, 6) is -1.23. The Morgan fingerprint density at radius 1 is 1.19 bits per heavy atom. The zero-order valence-electron chi connectivity index (χ0n) is 21.0. The first-order chi connectivity index (χ1) is 17.0. The number of imidazole rings is 1. The number of piperazine rings is 1. The quantitative estimate of drug-likeness (QED) is 0.647. The van der Waals surface area contributed by atoms with Crippen LogP contribution in [0, 0.1) is 11.2 Å². The highest BCUT2D eigenvalue weighted by Crippen LogP contribution is 2.30. The number of fused-ring (bicyclic) bond motifs is 1. The first-order valence-electron chi connectivity index (χ1n) is 12.1. The minimum absolute atomic E-state index is 0.0514. The summed E-state index contributed by atoms with van der Waals surface area (Å²) < 4.78 is 16.7. The van der Waals surface area contributed by atoms with Crippen molar-refractivity contribution in [2.45, 2.75) is 46.3 Å². The Balaban J connectivity index is 1.72. The average Bonchev–Trinajstić information content (AvgIpc) is 3.03. The number of rotatable bonds is 4. The van der Waals surface area contributed by atoms with Gasteiger partial charge in [-0.3, -0.25) is 14.4 Å². The second-order valence-corrected chi connectivity index (χ2v) is 10.9. The lowest BCUT2D eigenvalue weighted by Gasteiger charge is -2.36. The van der Waals surface area contributed by atoms with Crippen molar-refractivity contribution in [2.24, 2.45) is 5.41 Å². The third kappa shape index (κ3) is 5.39. The van der Waals surface area contributed by atoms with Gasteiger partial charge in [0.05, 0.1) is 17.8 Å². The van der Waals surface area contributed by atoms with E-state index >= 15 is 0 Å². The summed E-state index contributed by atoms with van der Waals surface area (Å²) in [5, 5.41) is 5.96. The minimum Gasteiger partial charge on any atom is -0.353 e. The zero-order valence-corrected chi connectivity index (χ0v) is 21.8. The largest absolute Gasteiger partial charge is 0.353 e. The van der Waals surface area contributed by atoms with E-state index in [0.29, 0.717) is 42.7 Å². The normalized spacial score (nSPS) is 17.7. The van der Waals surface area contributed by atoms with Gasteiger partial charge in [-0.05, 0) is 43.6 Å². The van der Waals surface area contributed by atoms with E-state index in [-0.39, 0.29) is 29.6 Å². The Kier molecular flexibility index (Phi) is 7.38. The molecule has 1 atom stereocenters. The SMILES string of the molecule is CN1CCCn2c(-c3cc(Cl)ccc3F)nc(C(=O)NC(C(=O)N3CCNC(=O)C3)C(C)(C)C)c2C1. The summed E-state index contributed by atoms with van der Waals surface area (Å²) >= 11 is 6.15. The Labute approximate surface area is 215 Å². The van der Waals surface area contributed by atoms with Gasteiger partial charge in [0.15, 0.2) is 5.69 Å². The lowest BCUT2D eigenvalue weighted by Crippen LogP contribution is -2.59. The van der Waals surface area contributed by atoms with E-state index in [9.17, 15) is 18.8 Å². The van der Waals surface area contributed by atoms with Crippen molar-refractivity contribution in [3.05, 3.63) is 40.4 Å². The molecule has 2 aliphatic rings. The molecule has 0 spiro atoms. The van der Waals surface area contributed by atoms with Gasteiger partial charge in [0, 0.05) is 31.2 Å². The molecule has 4 rings (SSSR count). The van der Waals surface area contributed by atoms with Crippen LogP contribution in [0.2, 0.25) is 5.02 Å². The van der Waals surface area contributed by atoms with Gasteiger partial charge in [-0.2, -0.15) is 0 Å². The maximum absolute atomic E-state index is 14.8. The molecule has 1 fully saturated rings. The summed E-state index contributed by atoms with van der Waals surface area (Å²) in [6.45, 7) is 8.06. The maximum atomic E-state index is 14.8. The van der Waals surface area contributed by atoms with E-state index in [0.717, 1.165) is 13.0 Å². The molecular formula is C25H32ClFN6O3. The highest BCUT2D eigenvalue weighted by atomic mass is 35.5. The number of halogens is 2. The topological polar surface area (TPSA) is 99.6 Å². The van der Waals surface area contributed by atoms with Crippen molar-refractivity contribution in [3.63, 3.8) is 0 Å². The van der Waals surface area contributed by atoms with Crippen LogP contribution < -0.4 is 10.6 Å². The van der Waals surface area contributed by atoms with Gasteiger partial charge in [-0.1, -0.05) is 32.4 Å². The van der Waals surface area contributed by atoms with Gasteiger partial charge < -0.3 is 25.0 Å². The van der Waals surface area contributed by atoms with Crippen molar-refractivity contribution < 1.29 is 18.8 Å². The van der Waals surface area contributed by atoms with Gasteiger partial charge in [0.25, 0.3) is 5.91 Å². The van der Waals surface area contributed by atoms with Crippen LogP contribution in [0.4, 0.5) is 4.39 Å². The zero-order chi connectivity index (χ0) is 26.2. The van der Waals surface area contributed by atoms with Crippen molar-refractivity contribution in [1.29, 1.82) is 0 Å². The van der Waals surface area contributed by atoms with Crippen LogP contribution in [0.5, 0.6) is 0 Å². The molecule has 0 aliphatic carbocycles. The second-order valence-electron chi connectivity index (χ2n) is 10.5. The molecule has 2 aliphatic heterocycles. The van der Waals surface area contributed by atoms with Crippen LogP contribution in [-0.4, -0.2) is 76.3 Å². The molecule has 1 saturated heterocycles. The minimum atomic E-state index is -0.886. The fourth-order valence-corrected chi connectivity index (χ4v) is 4.81. The van der Waals surface area contributed by atoms with E-state index in [2.05, 4.69) is 20.5 Å². The molecule has 2 N–H and O–H groups in total. The van der Waals surface area contributed by atoms with E-state index in [1.165, 1.54) is 23.1 Å². The van der Waals surface area contributed by atoms with Gasteiger partial charge in [-0.15, -0.1) is 0 Å². The molecule has 1 unspecified atom stereocenters. The van der Waals surface area contributed by atoms with Crippen LogP contribution in [0.1, 0.15) is 43.4 Å². The monoisotopic (exact) mass is 518 g/mol. The van der Waals surface area contributed by atoms with Crippen molar-refractivity contribution in [1.82, 2.24) is 30.0 Å². The molecule has 0 saturated carbocycles. The van der Waals surface area contributed by atoms with E-state index in [4.69, 9.17) is 11.6 Å². The number of hydrogen-bond acceptors (Lipinski definition) is 5. The van der Waals surface area contributed by atoms with Crippen molar-refractivity contribution in [2.75, 3.05) is 33.2 Å². The number of hydrogen-bond donors (Lipinski definition) is 2. The molecule has 11 heteroatoms. The van der Waals surface area contributed by atoms with Crippen molar-refractivity contribution in [3.8, 4) is 11.4 Å². The molecule has 36 heavy (non-hydrogen) atoms. The number of amides is 3. The van der Waals surface area contributed by atoms with E-state index in [1.54, 1.807) is 0 Å². The molecule has 2 aromatic rings. The molecule has 1 aromatic heterocycles. The van der Waals surface area contributed by atoms with E-state index < -0.39 is 23.2 Å². The Bertz CT molecular complexity index is 1190. The fraction of sp³-hybridized carbons (Fsp3) is 0.520. The molecule has 9 nitrogen and oxygen atoms in total. The third-order valence-electron chi connectivity index (χ3n) is 6.54. The number of benzene rings is 1. The van der Waals surface area contributed by atoms with Crippen LogP contribution in [-0.2, 0) is 22.7 Å².